The summed E-state index contributed by atoms with van der Waals surface area (Å²) in [6, 6.07) is 1.61. The highest BCUT2D eigenvalue weighted by Crippen LogP contribution is 2.28. The molecule has 3 aromatic heterocycles. The zero-order valence-electron chi connectivity index (χ0n) is 9.07. The zero-order chi connectivity index (χ0) is 12.7. The van der Waals surface area contributed by atoms with Crippen LogP contribution in [0.25, 0.3) is 16.2 Å². The monoisotopic (exact) mass is 260 g/mol. The quantitative estimate of drug-likeness (QED) is 0.732. The van der Waals surface area contributed by atoms with Crippen LogP contribution in [0, 0.1) is 0 Å². The third-order valence-electron chi connectivity index (χ3n) is 2.55. The van der Waals surface area contributed by atoms with Crippen molar-refractivity contribution in [1.82, 2.24) is 14.4 Å². The summed E-state index contributed by atoms with van der Waals surface area (Å²) in [5.74, 6) is -0.596. The highest BCUT2D eigenvalue weighted by molar-refractivity contribution is 7.13. The highest BCUT2D eigenvalue weighted by Gasteiger charge is 2.12. The van der Waals surface area contributed by atoms with Crippen LogP contribution in [0.4, 0.5) is 5.82 Å². The van der Waals surface area contributed by atoms with E-state index in [-0.39, 0.29) is 5.56 Å². The van der Waals surface area contributed by atoms with Gasteiger partial charge in [0.25, 0.3) is 0 Å². The first-order chi connectivity index (χ1) is 8.66. The Hall–Kier alpha value is -2.41. The lowest BCUT2D eigenvalue weighted by molar-refractivity contribution is 0.0697. The van der Waals surface area contributed by atoms with Gasteiger partial charge in [-0.25, -0.2) is 14.8 Å². The van der Waals surface area contributed by atoms with Crippen molar-refractivity contribution >= 4 is 28.8 Å². The van der Waals surface area contributed by atoms with Gasteiger partial charge in [-0.05, 0) is 6.07 Å². The molecule has 0 saturated heterocycles. The van der Waals surface area contributed by atoms with E-state index in [1.807, 2.05) is 0 Å². The molecule has 0 atom stereocenters. The van der Waals surface area contributed by atoms with Crippen LogP contribution in [0.1, 0.15) is 10.4 Å². The van der Waals surface area contributed by atoms with Gasteiger partial charge in [-0.1, -0.05) is 0 Å². The first-order valence-corrected chi connectivity index (χ1v) is 5.94. The van der Waals surface area contributed by atoms with Gasteiger partial charge in [0.15, 0.2) is 11.5 Å². The maximum atomic E-state index is 10.9. The van der Waals surface area contributed by atoms with E-state index in [9.17, 15) is 4.79 Å². The van der Waals surface area contributed by atoms with Crippen molar-refractivity contribution in [2.24, 2.45) is 0 Å². The number of hydrogen-bond acceptors (Lipinski definition) is 5. The number of carbonyl (C=O) groups is 1. The van der Waals surface area contributed by atoms with Crippen molar-refractivity contribution in [2.75, 3.05) is 5.73 Å². The Morgan fingerprint density at radius 2 is 2.28 bits per heavy atom. The standard InChI is InChI=1S/C11H8N4O2S/c12-9-10-13-1-2-15(10)7(4-14-9)8-3-6(5-18-8)11(16)17/h1-5H,(H2,12,14)(H,16,17). The molecule has 0 bridgehead atoms. The molecule has 0 radical (unpaired) electrons. The topological polar surface area (TPSA) is 93.5 Å². The second kappa shape index (κ2) is 3.81. The lowest BCUT2D eigenvalue weighted by atomic mass is 10.3. The largest absolute Gasteiger partial charge is 0.478 e. The fourth-order valence-electron chi connectivity index (χ4n) is 1.70. The van der Waals surface area contributed by atoms with Gasteiger partial charge in [-0.15, -0.1) is 11.3 Å². The van der Waals surface area contributed by atoms with E-state index in [0.29, 0.717) is 11.5 Å². The molecule has 0 unspecified atom stereocenters. The Morgan fingerprint density at radius 1 is 1.44 bits per heavy atom. The van der Waals surface area contributed by atoms with E-state index < -0.39 is 5.97 Å². The predicted molar refractivity (Wildman–Crippen MR) is 67.7 cm³/mol. The van der Waals surface area contributed by atoms with Gasteiger partial charge >= 0.3 is 5.97 Å². The van der Waals surface area contributed by atoms with Crippen molar-refractivity contribution in [1.29, 1.82) is 0 Å². The molecule has 3 aromatic rings. The normalized spacial score (nSPS) is 10.9. The van der Waals surface area contributed by atoms with E-state index in [1.54, 1.807) is 34.4 Å². The van der Waals surface area contributed by atoms with Crippen molar-refractivity contribution in [3.8, 4) is 10.6 Å². The Bertz CT molecular complexity index is 746. The van der Waals surface area contributed by atoms with Crippen molar-refractivity contribution in [2.45, 2.75) is 0 Å². The summed E-state index contributed by atoms with van der Waals surface area (Å²) in [6.07, 6.45) is 5.01. The minimum atomic E-state index is -0.942. The molecule has 0 saturated carbocycles. The second-order valence-electron chi connectivity index (χ2n) is 3.65. The number of nitrogens with two attached hydrogens (primary N) is 1. The number of carboxylic acids is 1. The van der Waals surface area contributed by atoms with Gasteiger partial charge in [0.2, 0.25) is 0 Å². The van der Waals surface area contributed by atoms with Crippen LogP contribution in [0.5, 0.6) is 0 Å². The molecular formula is C11H8N4O2S. The van der Waals surface area contributed by atoms with E-state index in [1.165, 1.54) is 11.3 Å². The maximum Gasteiger partial charge on any atom is 0.336 e. The van der Waals surface area contributed by atoms with Crippen LogP contribution >= 0.6 is 11.3 Å². The van der Waals surface area contributed by atoms with Crippen molar-refractivity contribution < 1.29 is 9.90 Å². The summed E-state index contributed by atoms with van der Waals surface area (Å²) in [7, 11) is 0. The molecule has 0 amide bonds. The smallest absolute Gasteiger partial charge is 0.336 e. The van der Waals surface area contributed by atoms with Crippen LogP contribution in [0.3, 0.4) is 0 Å². The average Bonchev–Trinajstić information content (AvgIpc) is 2.98. The van der Waals surface area contributed by atoms with Crippen molar-refractivity contribution in [3.05, 3.63) is 35.6 Å². The number of aromatic carboxylic acids is 1. The molecule has 6 nitrogen and oxygen atoms in total. The second-order valence-corrected chi connectivity index (χ2v) is 4.57. The predicted octanol–water partition coefficient (Wildman–Crippen LogP) is 1.74. The van der Waals surface area contributed by atoms with Gasteiger partial charge < -0.3 is 10.8 Å². The number of aromatic nitrogens is 3. The fourth-order valence-corrected chi connectivity index (χ4v) is 2.59. The third kappa shape index (κ3) is 1.52. The number of nitrogens with zero attached hydrogens (tertiary/aromatic N) is 3. The van der Waals surface area contributed by atoms with E-state index in [4.69, 9.17) is 10.8 Å². The van der Waals surface area contributed by atoms with Crippen LogP contribution in [0.15, 0.2) is 30.0 Å². The molecule has 0 spiro atoms. The first kappa shape index (κ1) is 10.7. The van der Waals surface area contributed by atoms with Crippen LogP contribution in [0.2, 0.25) is 0 Å². The Morgan fingerprint density at radius 3 is 3.00 bits per heavy atom. The summed E-state index contributed by atoms with van der Waals surface area (Å²) in [4.78, 5) is 19.8. The Labute approximate surface area is 105 Å². The number of fused-ring (bicyclic) bond motifs is 1. The van der Waals surface area contributed by atoms with E-state index >= 15 is 0 Å². The molecule has 3 N–H and O–H groups in total. The first-order valence-electron chi connectivity index (χ1n) is 5.06. The Balaban J connectivity index is 2.22. The molecule has 0 aliphatic carbocycles. The number of rotatable bonds is 2. The van der Waals surface area contributed by atoms with Crippen LogP contribution < -0.4 is 5.73 Å². The Kier molecular flexibility index (Phi) is 2.27. The minimum Gasteiger partial charge on any atom is -0.478 e. The summed E-state index contributed by atoms with van der Waals surface area (Å²) >= 11 is 1.34. The molecule has 0 aliphatic heterocycles. The summed E-state index contributed by atoms with van der Waals surface area (Å²) in [5, 5.41) is 10.5. The summed E-state index contributed by atoms with van der Waals surface area (Å²) in [6.45, 7) is 0. The van der Waals surface area contributed by atoms with Gasteiger partial charge in [-0.3, -0.25) is 4.40 Å². The van der Waals surface area contributed by atoms with Crippen LogP contribution in [-0.4, -0.2) is 25.4 Å². The lowest BCUT2D eigenvalue weighted by Crippen LogP contribution is -1.98. The minimum absolute atomic E-state index is 0.264. The van der Waals surface area contributed by atoms with Gasteiger partial charge in [-0.2, -0.15) is 0 Å². The molecule has 0 aliphatic rings. The SMILES string of the molecule is Nc1ncc(-c2cc(C(=O)O)cs2)n2ccnc12. The summed E-state index contributed by atoms with van der Waals surface area (Å²) < 4.78 is 1.79. The molecule has 7 heteroatoms. The number of nitrogen functional groups attached to an aromatic ring is 1. The molecular weight excluding hydrogens is 252 g/mol. The molecule has 3 rings (SSSR count). The van der Waals surface area contributed by atoms with Gasteiger partial charge in [0, 0.05) is 17.8 Å². The van der Waals surface area contributed by atoms with Gasteiger partial charge in [0.05, 0.1) is 22.3 Å². The summed E-state index contributed by atoms with van der Waals surface area (Å²) in [5.41, 5.74) is 7.32. The molecule has 90 valence electrons. The third-order valence-corrected chi connectivity index (χ3v) is 3.51. The van der Waals surface area contributed by atoms with E-state index in [0.717, 1.165) is 10.6 Å². The van der Waals surface area contributed by atoms with Crippen molar-refractivity contribution in [3.63, 3.8) is 0 Å². The molecule has 3 heterocycles. The lowest BCUT2D eigenvalue weighted by Gasteiger charge is -2.03. The molecule has 0 fully saturated rings. The molecule has 0 aromatic carbocycles. The maximum absolute atomic E-state index is 10.9. The fraction of sp³-hybridized carbons (Fsp3) is 0. The zero-order valence-corrected chi connectivity index (χ0v) is 9.89. The van der Waals surface area contributed by atoms with Gasteiger partial charge in [0.1, 0.15) is 0 Å². The van der Waals surface area contributed by atoms with Crippen LogP contribution in [-0.2, 0) is 0 Å². The number of hydrogen-bond donors (Lipinski definition) is 2. The number of thiophene rings is 1. The number of carboxylic acid groups (broad SMARTS) is 1. The highest BCUT2D eigenvalue weighted by atomic mass is 32.1. The molecule has 18 heavy (non-hydrogen) atoms. The average molecular weight is 260 g/mol. The number of anilines is 1. The van der Waals surface area contributed by atoms with E-state index in [2.05, 4.69) is 9.97 Å². The number of imidazole rings is 1.